The van der Waals surface area contributed by atoms with Crippen molar-refractivity contribution in [3.05, 3.63) is 65.0 Å². The molecule has 0 aromatic heterocycles. The molecule has 4 nitrogen and oxygen atoms in total. The summed E-state index contributed by atoms with van der Waals surface area (Å²) < 4.78 is 18.3. The molecule has 0 heterocycles. The van der Waals surface area contributed by atoms with Crippen molar-refractivity contribution in [1.82, 2.24) is 0 Å². The molecule has 0 spiro atoms. The lowest BCUT2D eigenvalue weighted by Crippen LogP contribution is -2.05. The summed E-state index contributed by atoms with van der Waals surface area (Å²) in [4.78, 5) is 10.8. The Balaban J connectivity index is 2.09. The van der Waals surface area contributed by atoms with Gasteiger partial charge < -0.3 is 14.9 Å². The van der Waals surface area contributed by atoms with Crippen molar-refractivity contribution in [2.45, 2.75) is 19.6 Å². The number of hydrogen-bond donors (Lipinski definition) is 2. The number of hydrogen-bond acceptors (Lipinski definition) is 3. The lowest BCUT2D eigenvalue weighted by Gasteiger charge is -2.10. The molecular weight excluding hydrogens is 275 g/mol. The third-order valence-electron chi connectivity index (χ3n) is 3.01. The molecule has 0 aliphatic rings. The van der Waals surface area contributed by atoms with Crippen molar-refractivity contribution < 1.29 is 24.1 Å². The Morgan fingerprint density at radius 1 is 1.10 bits per heavy atom. The van der Waals surface area contributed by atoms with Crippen LogP contribution >= 0.6 is 0 Å². The summed E-state index contributed by atoms with van der Waals surface area (Å²) in [7, 11) is 0. The molecule has 5 heteroatoms. The second-order valence-corrected chi connectivity index (χ2v) is 4.57. The molecule has 0 aliphatic heterocycles. The number of rotatable bonds is 6. The Bertz CT molecular complexity index is 623. The summed E-state index contributed by atoms with van der Waals surface area (Å²) in [6.45, 7) is 0.0338. The lowest BCUT2D eigenvalue weighted by molar-refractivity contribution is -0.136. The van der Waals surface area contributed by atoms with Crippen molar-refractivity contribution in [1.29, 1.82) is 0 Å². The van der Waals surface area contributed by atoms with Crippen LogP contribution in [0.4, 0.5) is 4.39 Å². The van der Waals surface area contributed by atoms with E-state index >= 15 is 0 Å². The predicted molar refractivity (Wildman–Crippen MR) is 74.4 cm³/mol. The van der Waals surface area contributed by atoms with Gasteiger partial charge in [-0.3, -0.25) is 4.79 Å². The van der Waals surface area contributed by atoms with E-state index in [1.807, 2.05) is 0 Å². The second kappa shape index (κ2) is 6.85. The van der Waals surface area contributed by atoms with E-state index in [2.05, 4.69) is 0 Å². The van der Waals surface area contributed by atoms with Gasteiger partial charge in [0, 0.05) is 0 Å². The van der Waals surface area contributed by atoms with Crippen LogP contribution in [-0.4, -0.2) is 16.2 Å². The van der Waals surface area contributed by atoms with E-state index in [4.69, 9.17) is 9.84 Å². The third-order valence-corrected chi connectivity index (χ3v) is 3.01. The minimum absolute atomic E-state index is 0.177. The van der Waals surface area contributed by atoms with Crippen molar-refractivity contribution in [2.24, 2.45) is 0 Å². The number of carboxylic acid groups (broad SMARTS) is 1. The fourth-order valence-electron chi connectivity index (χ4n) is 1.92. The fourth-order valence-corrected chi connectivity index (χ4v) is 1.92. The molecule has 2 aromatic carbocycles. The largest absolute Gasteiger partial charge is 0.489 e. The van der Waals surface area contributed by atoms with E-state index in [9.17, 15) is 14.3 Å². The summed E-state index contributed by atoms with van der Waals surface area (Å²) >= 11 is 0. The van der Waals surface area contributed by atoms with Crippen LogP contribution in [0, 0.1) is 5.82 Å². The Morgan fingerprint density at radius 2 is 1.81 bits per heavy atom. The highest BCUT2D eigenvalue weighted by atomic mass is 19.1. The maximum atomic E-state index is 12.8. The van der Waals surface area contributed by atoms with Crippen molar-refractivity contribution >= 4 is 5.97 Å². The number of aliphatic hydroxyl groups excluding tert-OH is 1. The molecular formula is C16H15FO4. The minimum Gasteiger partial charge on any atom is -0.489 e. The summed E-state index contributed by atoms with van der Waals surface area (Å²) in [6.07, 6.45) is -0.177. The van der Waals surface area contributed by atoms with E-state index in [1.54, 1.807) is 30.3 Å². The fraction of sp³-hybridized carbons (Fsp3) is 0.188. The zero-order chi connectivity index (χ0) is 15.2. The Morgan fingerprint density at radius 3 is 2.43 bits per heavy atom. The predicted octanol–water partition coefficient (Wildman–Crippen LogP) is 2.52. The molecule has 0 unspecified atom stereocenters. The van der Waals surface area contributed by atoms with Gasteiger partial charge in [0.15, 0.2) is 0 Å². The van der Waals surface area contributed by atoms with Gasteiger partial charge in [-0.25, -0.2) is 4.39 Å². The minimum atomic E-state index is -0.972. The highest BCUT2D eigenvalue weighted by Gasteiger charge is 2.08. The van der Waals surface area contributed by atoms with Crippen LogP contribution in [0.2, 0.25) is 0 Å². The van der Waals surface area contributed by atoms with E-state index in [0.29, 0.717) is 16.9 Å². The first-order valence-corrected chi connectivity index (χ1v) is 6.40. The molecule has 2 N–H and O–H groups in total. The molecule has 0 atom stereocenters. The average Bonchev–Trinajstić information content (AvgIpc) is 2.46. The first kappa shape index (κ1) is 15.0. The van der Waals surface area contributed by atoms with Crippen LogP contribution < -0.4 is 4.74 Å². The average molecular weight is 290 g/mol. The van der Waals surface area contributed by atoms with Crippen LogP contribution in [0.1, 0.15) is 16.7 Å². The molecule has 0 radical (unpaired) electrons. The Labute approximate surface area is 121 Å². The van der Waals surface area contributed by atoms with E-state index in [-0.39, 0.29) is 25.5 Å². The van der Waals surface area contributed by atoms with Gasteiger partial charge in [0.05, 0.1) is 13.0 Å². The molecule has 0 bridgehead atoms. The number of carboxylic acids is 1. The van der Waals surface area contributed by atoms with Crippen molar-refractivity contribution in [2.75, 3.05) is 0 Å². The first-order valence-electron chi connectivity index (χ1n) is 6.40. The van der Waals surface area contributed by atoms with Gasteiger partial charge >= 0.3 is 5.97 Å². The van der Waals surface area contributed by atoms with Gasteiger partial charge in [-0.05, 0) is 41.0 Å². The Kier molecular flexibility index (Phi) is 4.90. The molecule has 2 aromatic rings. The molecule has 0 amide bonds. The quantitative estimate of drug-likeness (QED) is 0.858. The van der Waals surface area contributed by atoms with Crippen molar-refractivity contribution in [3.8, 4) is 5.75 Å². The number of carbonyl (C=O) groups is 1. The lowest BCUT2D eigenvalue weighted by atomic mass is 10.0. The summed E-state index contributed by atoms with van der Waals surface area (Å²) in [5.74, 6) is -0.775. The molecule has 21 heavy (non-hydrogen) atoms. The summed E-state index contributed by atoms with van der Waals surface area (Å²) in [5.41, 5.74) is 1.88. The third kappa shape index (κ3) is 4.29. The number of aliphatic carboxylic acids is 1. The zero-order valence-corrected chi connectivity index (χ0v) is 11.3. The highest BCUT2D eigenvalue weighted by molar-refractivity contribution is 5.71. The zero-order valence-electron chi connectivity index (χ0n) is 11.3. The number of benzene rings is 2. The van der Waals surface area contributed by atoms with Crippen LogP contribution in [0.3, 0.4) is 0 Å². The van der Waals surface area contributed by atoms with E-state index in [1.165, 1.54) is 12.1 Å². The Hall–Kier alpha value is -2.40. The van der Waals surface area contributed by atoms with Gasteiger partial charge in [-0.1, -0.05) is 18.2 Å². The summed E-state index contributed by atoms with van der Waals surface area (Å²) in [6, 6.07) is 10.8. The van der Waals surface area contributed by atoms with Crippen LogP contribution in [0.5, 0.6) is 5.75 Å². The molecule has 2 rings (SSSR count). The number of aliphatic hydroxyl groups is 1. The maximum Gasteiger partial charge on any atom is 0.307 e. The SMILES string of the molecule is O=C(O)Cc1cc(OCc2ccc(F)cc2)ccc1CO. The maximum absolute atomic E-state index is 12.8. The normalized spacial score (nSPS) is 10.4. The smallest absolute Gasteiger partial charge is 0.307 e. The molecule has 0 aliphatic carbocycles. The highest BCUT2D eigenvalue weighted by Crippen LogP contribution is 2.20. The molecule has 0 saturated carbocycles. The van der Waals surface area contributed by atoms with Gasteiger partial charge in [0.1, 0.15) is 18.2 Å². The first-order chi connectivity index (χ1) is 10.1. The van der Waals surface area contributed by atoms with Gasteiger partial charge in [-0.15, -0.1) is 0 Å². The van der Waals surface area contributed by atoms with Crippen LogP contribution in [0.25, 0.3) is 0 Å². The van der Waals surface area contributed by atoms with E-state index in [0.717, 1.165) is 5.56 Å². The van der Waals surface area contributed by atoms with Gasteiger partial charge in [-0.2, -0.15) is 0 Å². The second-order valence-electron chi connectivity index (χ2n) is 4.57. The molecule has 0 saturated heterocycles. The van der Waals surface area contributed by atoms with Crippen molar-refractivity contribution in [3.63, 3.8) is 0 Å². The standard InChI is InChI=1S/C16H15FO4/c17-14-4-1-11(2-5-14)10-21-15-6-3-12(9-18)13(7-15)8-16(19)20/h1-7,18H,8-10H2,(H,19,20). The summed E-state index contributed by atoms with van der Waals surface area (Å²) in [5, 5.41) is 18.0. The van der Waals surface area contributed by atoms with Crippen LogP contribution in [-0.2, 0) is 24.4 Å². The molecule has 110 valence electrons. The number of halogens is 1. The molecule has 0 fully saturated rings. The topological polar surface area (TPSA) is 66.8 Å². The monoisotopic (exact) mass is 290 g/mol. The number of ether oxygens (including phenoxy) is 1. The van der Waals surface area contributed by atoms with E-state index < -0.39 is 5.97 Å². The van der Waals surface area contributed by atoms with Gasteiger partial charge in [0.2, 0.25) is 0 Å². The van der Waals surface area contributed by atoms with Gasteiger partial charge in [0.25, 0.3) is 0 Å². The van der Waals surface area contributed by atoms with Crippen LogP contribution in [0.15, 0.2) is 42.5 Å².